The van der Waals surface area contributed by atoms with E-state index in [-0.39, 0.29) is 22.6 Å². The van der Waals surface area contributed by atoms with Crippen molar-refractivity contribution in [1.29, 1.82) is 0 Å². The summed E-state index contributed by atoms with van der Waals surface area (Å²) in [6.07, 6.45) is 5.78. The highest BCUT2D eigenvalue weighted by Crippen LogP contribution is 2.30. The van der Waals surface area contributed by atoms with Crippen LogP contribution in [0, 0.1) is 0 Å². The van der Waals surface area contributed by atoms with Gasteiger partial charge in [-0.2, -0.15) is 4.31 Å². The van der Waals surface area contributed by atoms with Crippen LogP contribution in [0.25, 0.3) is 0 Å². The number of hydrogen-bond donors (Lipinski definition) is 1. The number of piperidine rings is 1. The maximum Gasteiger partial charge on any atom is 0.243 e. The molecule has 2 unspecified atom stereocenters. The van der Waals surface area contributed by atoms with Crippen molar-refractivity contribution in [2.45, 2.75) is 54.7 Å². The summed E-state index contributed by atoms with van der Waals surface area (Å²) in [4.78, 5) is 20.0. The first-order chi connectivity index (χ1) is 14.9. The van der Waals surface area contributed by atoms with E-state index in [4.69, 9.17) is 16.6 Å². The van der Waals surface area contributed by atoms with Crippen molar-refractivity contribution in [3.8, 4) is 0 Å². The van der Waals surface area contributed by atoms with E-state index >= 15 is 0 Å². The molecule has 31 heavy (non-hydrogen) atoms. The number of amidine groups is 1. The summed E-state index contributed by atoms with van der Waals surface area (Å²) < 4.78 is 28.6. The van der Waals surface area contributed by atoms with Crippen LogP contribution >= 0.6 is 23.4 Å². The fraction of sp³-hybridized carbons (Fsp3) is 0.619. The predicted octanol–water partition coefficient (Wildman–Crippen LogP) is 2.96. The Morgan fingerprint density at radius 3 is 2.61 bits per heavy atom. The second kappa shape index (κ2) is 10.1. The van der Waals surface area contributed by atoms with Gasteiger partial charge >= 0.3 is 0 Å². The van der Waals surface area contributed by atoms with Crippen LogP contribution in [0.1, 0.15) is 38.5 Å². The van der Waals surface area contributed by atoms with Gasteiger partial charge in [0.2, 0.25) is 15.9 Å². The molecule has 2 atom stereocenters. The summed E-state index contributed by atoms with van der Waals surface area (Å²) in [6.45, 7) is 3.43. The van der Waals surface area contributed by atoms with Gasteiger partial charge in [-0.25, -0.2) is 8.42 Å². The highest BCUT2D eigenvalue weighted by atomic mass is 35.5. The predicted molar refractivity (Wildman–Crippen MR) is 125 cm³/mol. The SMILES string of the molecule is O=C1NCCCCC1N(CC1CN=C(N2CCCCC2)S1)S(=O)(=O)c1ccc(Cl)cc1. The van der Waals surface area contributed by atoms with Crippen molar-refractivity contribution in [2.75, 3.05) is 32.7 Å². The van der Waals surface area contributed by atoms with Gasteiger partial charge in [0.25, 0.3) is 0 Å². The van der Waals surface area contributed by atoms with E-state index in [1.54, 1.807) is 23.9 Å². The molecule has 0 radical (unpaired) electrons. The van der Waals surface area contributed by atoms with Crippen molar-refractivity contribution < 1.29 is 13.2 Å². The van der Waals surface area contributed by atoms with Gasteiger partial charge in [-0.15, -0.1) is 0 Å². The van der Waals surface area contributed by atoms with E-state index in [0.717, 1.165) is 31.1 Å². The topological polar surface area (TPSA) is 82.1 Å². The molecule has 7 nitrogen and oxygen atoms in total. The number of aliphatic imine (C=N–C) groups is 1. The highest BCUT2D eigenvalue weighted by Gasteiger charge is 2.39. The quantitative estimate of drug-likeness (QED) is 0.694. The van der Waals surface area contributed by atoms with Crippen LogP contribution in [0.4, 0.5) is 0 Å². The van der Waals surface area contributed by atoms with Crippen molar-refractivity contribution in [1.82, 2.24) is 14.5 Å². The minimum absolute atomic E-state index is 0.00458. The number of carbonyl (C=O) groups excluding carboxylic acids is 1. The van der Waals surface area contributed by atoms with Crippen LogP contribution in [-0.2, 0) is 14.8 Å². The molecule has 3 aliphatic heterocycles. The second-order valence-electron chi connectivity index (χ2n) is 8.24. The number of nitrogens with zero attached hydrogens (tertiary/aromatic N) is 3. The minimum atomic E-state index is -3.86. The molecule has 3 aliphatic rings. The Labute approximate surface area is 193 Å². The molecule has 1 aromatic carbocycles. The lowest BCUT2D eigenvalue weighted by molar-refractivity contribution is -0.124. The van der Waals surface area contributed by atoms with Crippen molar-refractivity contribution in [3.05, 3.63) is 29.3 Å². The largest absolute Gasteiger partial charge is 0.355 e. The molecule has 2 saturated heterocycles. The first-order valence-corrected chi connectivity index (χ1v) is 13.7. The number of likely N-dealkylation sites (tertiary alicyclic amines) is 1. The minimum Gasteiger partial charge on any atom is -0.355 e. The molecule has 1 aromatic rings. The zero-order valence-corrected chi connectivity index (χ0v) is 19.9. The van der Waals surface area contributed by atoms with E-state index in [2.05, 4.69) is 10.2 Å². The van der Waals surface area contributed by atoms with Gasteiger partial charge in [0.05, 0.1) is 11.4 Å². The van der Waals surface area contributed by atoms with Crippen LogP contribution in [0.15, 0.2) is 34.2 Å². The molecule has 0 bridgehead atoms. The molecule has 0 saturated carbocycles. The number of carbonyl (C=O) groups is 1. The van der Waals surface area contributed by atoms with Gasteiger partial charge in [-0.05, 0) is 62.8 Å². The van der Waals surface area contributed by atoms with E-state index < -0.39 is 16.1 Å². The first kappa shape index (κ1) is 22.9. The van der Waals surface area contributed by atoms with Gasteiger partial charge in [0.15, 0.2) is 5.17 Å². The summed E-state index contributed by atoms with van der Waals surface area (Å²) in [5.74, 6) is -0.213. The molecule has 0 aliphatic carbocycles. The molecule has 10 heteroatoms. The lowest BCUT2D eigenvalue weighted by atomic mass is 10.1. The summed E-state index contributed by atoms with van der Waals surface area (Å²) >= 11 is 7.61. The Morgan fingerprint density at radius 1 is 1.13 bits per heavy atom. The number of hydrogen-bond acceptors (Lipinski definition) is 6. The summed E-state index contributed by atoms with van der Waals surface area (Å²) in [6, 6.07) is 5.46. The normalized spacial score (nSPS) is 25.3. The molecule has 1 amide bonds. The third-order valence-electron chi connectivity index (χ3n) is 5.99. The van der Waals surface area contributed by atoms with Crippen LogP contribution in [-0.4, -0.2) is 72.7 Å². The molecular formula is C21H29ClN4O3S2. The monoisotopic (exact) mass is 484 g/mol. The Kier molecular flexibility index (Phi) is 7.46. The number of benzene rings is 1. The van der Waals surface area contributed by atoms with Crippen molar-refractivity contribution in [2.24, 2.45) is 4.99 Å². The highest BCUT2D eigenvalue weighted by molar-refractivity contribution is 8.14. The molecule has 2 fully saturated rings. The smallest absolute Gasteiger partial charge is 0.243 e. The molecule has 0 aromatic heterocycles. The molecule has 1 N–H and O–H groups in total. The molecule has 3 heterocycles. The average molecular weight is 485 g/mol. The van der Waals surface area contributed by atoms with Gasteiger partial charge in [0, 0.05) is 36.5 Å². The second-order valence-corrected chi connectivity index (χ2v) is 11.8. The van der Waals surface area contributed by atoms with Gasteiger partial charge < -0.3 is 10.2 Å². The summed E-state index contributed by atoms with van der Waals surface area (Å²) in [5, 5.41) is 4.37. The Balaban J connectivity index is 1.55. The van der Waals surface area contributed by atoms with E-state index in [1.165, 1.54) is 35.7 Å². The van der Waals surface area contributed by atoms with E-state index in [9.17, 15) is 13.2 Å². The number of nitrogens with one attached hydrogen (secondary N) is 1. The average Bonchev–Trinajstić information content (AvgIpc) is 3.14. The van der Waals surface area contributed by atoms with Gasteiger partial charge in [-0.1, -0.05) is 23.4 Å². The van der Waals surface area contributed by atoms with Crippen LogP contribution in [0.2, 0.25) is 5.02 Å². The van der Waals surface area contributed by atoms with Gasteiger partial charge in [0.1, 0.15) is 6.04 Å². The number of sulfonamides is 1. The Morgan fingerprint density at radius 2 is 1.87 bits per heavy atom. The van der Waals surface area contributed by atoms with Crippen LogP contribution in [0.3, 0.4) is 0 Å². The van der Waals surface area contributed by atoms with Crippen molar-refractivity contribution >= 4 is 44.5 Å². The maximum absolute atomic E-state index is 13.6. The third kappa shape index (κ3) is 5.38. The molecule has 0 spiro atoms. The zero-order chi connectivity index (χ0) is 21.8. The third-order valence-corrected chi connectivity index (χ3v) is 9.36. The molecule has 170 valence electrons. The zero-order valence-electron chi connectivity index (χ0n) is 17.5. The Hall–Kier alpha value is -1.29. The molecule has 4 rings (SSSR count). The van der Waals surface area contributed by atoms with E-state index in [0.29, 0.717) is 24.5 Å². The first-order valence-electron chi connectivity index (χ1n) is 11.0. The van der Waals surface area contributed by atoms with Crippen molar-refractivity contribution in [3.63, 3.8) is 0 Å². The number of halogens is 1. The molecular weight excluding hydrogens is 456 g/mol. The lowest BCUT2D eigenvalue weighted by Gasteiger charge is -2.31. The lowest BCUT2D eigenvalue weighted by Crippen LogP contribution is -2.51. The number of rotatable bonds is 5. The van der Waals surface area contributed by atoms with Crippen LogP contribution in [0.5, 0.6) is 0 Å². The fourth-order valence-electron chi connectivity index (χ4n) is 4.29. The Bertz CT molecular complexity index is 917. The summed E-state index contributed by atoms with van der Waals surface area (Å²) in [7, 11) is -3.86. The summed E-state index contributed by atoms with van der Waals surface area (Å²) in [5.41, 5.74) is 0. The van der Waals surface area contributed by atoms with Crippen LogP contribution < -0.4 is 5.32 Å². The van der Waals surface area contributed by atoms with E-state index in [1.807, 2.05) is 0 Å². The van der Waals surface area contributed by atoms with Gasteiger partial charge in [-0.3, -0.25) is 9.79 Å². The standard InChI is InChI=1S/C21H29ClN4O3S2/c22-16-7-9-18(10-8-16)31(28,29)26(19-6-2-3-11-23-20(19)27)15-17-14-24-21(30-17)25-12-4-1-5-13-25/h7-10,17,19H,1-6,11-15H2,(H,23,27). The fourth-order valence-corrected chi connectivity index (χ4v) is 7.34. The number of amides is 1. The maximum atomic E-state index is 13.6. The number of thioether (sulfide) groups is 1.